The molecule has 106 valence electrons. The third kappa shape index (κ3) is 3.91. The molecule has 1 amide bonds. The van der Waals surface area contributed by atoms with Crippen molar-refractivity contribution in [3.63, 3.8) is 0 Å². The monoisotopic (exact) mass is 264 g/mol. The summed E-state index contributed by atoms with van der Waals surface area (Å²) < 4.78 is 0. The Morgan fingerprint density at radius 1 is 1.37 bits per heavy atom. The zero-order valence-corrected chi connectivity index (χ0v) is 12.7. The van der Waals surface area contributed by atoms with E-state index >= 15 is 0 Å². The summed E-state index contributed by atoms with van der Waals surface area (Å²) in [6.45, 7) is 11.1. The molecule has 0 aliphatic carbocycles. The number of carbonyl (C=O) groups excluding carboxylic acids is 1. The Hall–Kier alpha value is -1.65. The third-order valence-corrected chi connectivity index (χ3v) is 3.40. The molecule has 5 heteroatoms. The van der Waals surface area contributed by atoms with Gasteiger partial charge < -0.3 is 10.2 Å². The van der Waals surface area contributed by atoms with Gasteiger partial charge in [-0.1, -0.05) is 20.8 Å². The van der Waals surface area contributed by atoms with Crippen molar-refractivity contribution in [1.29, 1.82) is 0 Å². The first-order valence-corrected chi connectivity index (χ1v) is 6.62. The van der Waals surface area contributed by atoms with E-state index in [1.54, 1.807) is 24.1 Å². The van der Waals surface area contributed by atoms with E-state index in [1.807, 2.05) is 13.8 Å². The van der Waals surface area contributed by atoms with Crippen LogP contribution in [0.5, 0.6) is 0 Å². The topological polar surface area (TPSA) is 58.1 Å². The molecule has 1 rings (SSSR count). The van der Waals surface area contributed by atoms with Crippen LogP contribution in [-0.4, -0.2) is 40.6 Å². The minimum absolute atomic E-state index is 0.0293. The van der Waals surface area contributed by atoms with Crippen molar-refractivity contribution >= 4 is 11.7 Å². The predicted octanol–water partition coefficient (Wildman–Crippen LogP) is 2.42. The molecule has 0 bridgehead atoms. The van der Waals surface area contributed by atoms with Gasteiger partial charge in [-0.15, -0.1) is 10.2 Å². The summed E-state index contributed by atoms with van der Waals surface area (Å²) >= 11 is 0. The number of nitrogens with zero attached hydrogens (tertiary/aromatic N) is 3. The lowest BCUT2D eigenvalue weighted by Crippen LogP contribution is -2.43. The Morgan fingerprint density at radius 3 is 2.42 bits per heavy atom. The molecule has 1 aromatic rings. The van der Waals surface area contributed by atoms with E-state index in [2.05, 4.69) is 36.3 Å². The Bertz CT molecular complexity index is 422. The van der Waals surface area contributed by atoms with E-state index < -0.39 is 0 Å². The van der Waals surface area contributed by atoms with E-state index in [9.17, 15) is 4.79 Å². The van der Waals surface area contributed by atoms with Gasteiger partial charge in [0.15, 0.2) is 5.69 Å². The van der Waals surface area contributed by atoms with Gasteiger partial charge in [0.2, 0.25) is 0 Å². The highest BCUT2D eigenvalue weighted by molar-refractivity contribution is 5.92. The summed E-state index contributed by atoms with van der Waals surface area (Å²) in [5.74, 6) is 0.587. The van der Waals surface area contributed by atoms with Gasteiger partial charge in [-0.2, -0.15) is 0 Å². The number of carbonyl (C=O) groups is 1. The molecule has 0 saturated heterocycles. The molecule has 1 heterocycles. The van der Waals surface area contributed by atoms with Crippen molar-refractivity contribution in [2.45, 2.75) is 40.7 Å². The summed E-state index contributed by atoms with van der Waals surface area (Å²) in [6.07, 6.45) is 0. The number of hydrogen-bond acceptors (Lipinski definition) is 4. The number of nitrogens with one attached hydrogen (secondary N) is 1. The molecule has 19 heavy (non-hydrogen) atoms. The maximum atomic E-state index is 12.3. The Kier molecular flexibility index (Phi) is 4.86. The van der Waals surface area contributed by atoms with Crippen molar-refractivity contribution in [2.75, 3.05) is 18.9 Å². The average Bonchev–Trinajstić information content (AvgIpc) is 2.36. The van der Waals surface area contributed by atoms with Gasteiger partial charge >= 0.3 is 0 Å². The number of rotatable bonds is 4. The lowest BCUT2D eigenvalue weighted by atomic mass is 9.87. The van der Waals surface area contributed by atoms with Gasteiger partial charge in [-0.25, -0.2) is 0 Å². The quantitative estimate of drug-likeness (QED) is 0.907. The van der Waals surface area contributed by atoms with Gasteiger partial charge in [-0.05, 0) is 31.4 Å². The van der Waals surface area contributed by atoms with Crippen molar-refractivity contribution in [2.24, 2.45) is 5.41 Å². The van der Waals surface area contributed by atoms with Crippen LogP contribution in [0.2, 0.25) is 0 Å². The van der Waals surface area contributed by atoms with Gasteiger partial charge in [0.05, 0.1) is 0 Å². The fourth-order valence-electron chi connectivity index (χ4n) is 1.66. The third-order valence-electron chi connectivity index (χ3n) is 3.40. The predicted molar refractivity (Wildman–Crippen MR) is 77.2 cm³/mol. The average molecular weight is 264 g/mol. The van der Waals surface area contributed by atoms with Crippen LogP contribution in [0.25, 0.3) is 0 Å². The SMILES string of the molecule is CCNc1ccc(C(=O)N(C)C(C)C(C)(C)C)nn1. The second-order valence-electron chi connectivity index (χ2n) is 5.79. The Labute approximate surface area is 115 Å². The first-order chi connectivity index (χ1) is 8.77. The van der Waals surface area contributed by atoms with Crippen molar-refractivity contribution < 1.29 is 4.79 Å². The van der Waals surface area contributed by atoms with E-state index in [-0.39, 0.29) is 17.4 Å². The van der Waals surface area contributed by atoms with Gasteiger partial charge in [-0.3, -0.25) is 4.79 Å². The highest BCUT2D eigenvalue weighted by atomic mass is 16.2. The van der Waals surface area contributed by atoms with Crippen LogP contribution >= 0.6 is 0 Å². The van der Waals surface area contributed by atoms with E-state index in [0.717, 1.165) is 6.54 Å². The molecule has 0 aromatic carbocycles. The zero-order valence-electron chi connectivity index (χ0n) is 12.7. The largest absolute Gasteiger partial charge is 0.369 e. The van der Waals surface area contributed by atoms with Crippen LogP contribution in [-0.2, 0) is 0 Å². The van der Waals surface area contributed by atoms with Crippen molar-refractivity contribution in [3.8, 4) is 0 Å². The van der Waals surface area contributed by atoms with Crippen LogP contribution in [0.1, 0.15) is 45.1 Å². The Balaban J connectivity index is 2.82. The molecule has 1 atom stereocenters. The van der Waals surface area contributed by atoms with Crippen molar-refractivity contribution in [3.05, 3.63) is 17.8 Å². The minimum atomic E-state index is -0.0991. The van der Waals surface area contributed by atoms with Crippen LogP contribution in [0.15, 0.2) is 12.1 Å². The van der Waals surface area contributed by atoms with Gasteiger partial charge in [0.1, 0.15) is 5.82 Å². The molecule has 0 radical (unpaired) electrons. The van der Waals surface area contributed by atoms with Crippen LogP contribution in [0.4, 0.5) is 5.82 Å². The molecular weight excluding hydrogens is 240 g/mol. The molecule has 0 saturated carbocycles. The zero-order chi connectivity index (χ0) is 14.6. The normalized spacial score (nSPS) is 12.9. The summed E-state index contributed by atoms with van der Waals surface area (Å²) in [5, 5.41) is 11.0. The Morgan fingerprint density at radius 2 is 2.00 bits per heavy atom. The molecular formula is C14H24N4O. The molecule has 5 nitrogen and oxygen atoms in total. The smallest absolute Gasteiger partial charge is 0.274 e. The molecule has 0 aliphatic heterocycles. The number of aromatic nitrogens is 2. The summed E-state index contributed by atoms with van der Waals surface area (Å²) in [5.41, 5.74) is 0.405. The van der Waals surface area contributed by atoms with E-state index in [0.29, 0.717) is 11.5 Å². The highest BCUT2D eigenvalue weighted by Gasteiger charge is 2.28. The van der Waals surface area contributed by atoms with Crippen molar-refractivity contribution in [1.82, 2.24) is 15.1 Å². The molecule has 1 N–H and O–H groups in total. The minimum Gasteiger partial charge on any atom is -0.369 e. The second kappa shape index (κ2) is 5.99. The summed E-state index contributed by atoms with van der Waals surface area (Å²) in [6, 6.07) is 3.61. The fourth-order valence-corrected chi connectivity index (χ4v) is 1.66. The summed E-state index contributed by atoms with van der Waals surface area (Å²) in [4.78, 5) is 14.0. The van der Waals surface area contributed by atoms with Gasteiger partial charge in [0, 0.05) is 19.6 Å². The standard InChI is InChI=1S/C14H24N4O/c1-7-15-12-9-8-11(16-17-12)13(19)18(6)10(2)14(3,4)5/h8-10H,7H2,1-6H3,(H,15,17). The molecule has 1 unspecified atom stereocenters. The van der Waals surface area contributed by atoms with E-state index in [1.165, 1.54) is 0 Å². The van der Waals surface area contributed by atoms with Crippen LogP contribution < -0.4 is 5.32 Å². The van der Waals surface area contributed by atoms with E-state index in [4.69, 9.17) is 0 Å². The molecule has 1 aromatic heterocycles. The lowest BCUT2D eigenvalue weighted by Gasteiger charge is -2.35. The second-order valence-corrected chi connectivity index (χ2v) is 5.79. The van der Waals surface area contributed by atoms with Gasteiger partial charge in [0.25, 0.3) is 5.91 Å². The molecule has 0 aliphatic rings. The first kappa shape index (κ1) is 15.4. The molecule has 0 fully saturated rings. The lowest BCUT2D eigenvalue weighted by molar-refractivity contribution is 0.0622. The number of hydrogen-bond donors (Lipinski definition) is 1. The highest BCUT2D eigenvalue weighted by Crippen LogP contribution is 2.23. The number of anilines is 1. The van der Waals surface area contributed by atoms with Crippen LogP contribution in [0.3, 0.4) is 0 Å². The van der Waals surface area contributed by atoms with Crippen LogP contribution in [0, 0.1) is 5.41 Å². The first-order valence-electron chi connectivity index (χ1n) is 6.62. The maximum absolute atomic E-state index is 12.3. The fraction of sp³-hybridized carbons (Fsp3) is 0.643. The molecule has 0 spiro atoms. The number of amides is 1. The maximum Gasteiger partial charge on any atom is 0.274 e. The summed E-state index contributed by atoms with van der Waals surface area (Å²) in [7, 11) is 1.80.